The molecule has 0 saturated carbocycles. The van der Waals surface area contributed by atoms with Gasteiger partial charge in [0.15, 0.2) is 6.10 Å². The molecule has 5 nitrogen and oxygen atoms in total. The van der Waals surface area contributed by atoms with Gasteiger partial charge in [-0.3, -0.25) is 0 Å². The molecule has 0 bridgehead atoms. The predicted octanol–water partition coefficient (Wildman–Crippen LogP) is 2.71. The fourth-order valence-electron chi connectivity index (χ4n) is 2.02. The molecule has 0 spiro atoms. The van der Waals surface area contributed by atoms with Gasteiger partial charge >= 0.3 is 0 Å². The first-order chi connectivity index (χ1) is 10.1. The molecule has 0 amide bonds. The standard InChI is InChI=1S/C16H15N3O2/c1-10-7-8-12(9-13(10)17)15-18-16(21-19-15)14(20)11-5-3-2-4-6-11/h2-9,14,20H,17H2,1H3. The number of aryl methyl sites for hydroxylation is 1. The third-order valence-electron chi connectivity index (χ3n) is 3.33. The van der Waals surface area contributed by atoms with Gasteiger partial charge in [0.25, 0.3) is 5.89 Å². The quantitative estimate of drug-likeness (QED) is 0.721. The summed E-state index contributed by atoms with van der Waals surface area (Å²) in [6.45, 7) is 1.93. The minimum absolute atomic E-state index is 0.162. The van der Waals surface area contributed by atoms with Gasteiger partial charge in [-0.25, -0.2) is 0 Å². The van der Waals surface area contributed by atoms with Crippen molar-refractivity contribution >= 4 is 5.69 Å². The second-order valence-electron chi connectivity index (χ2n) is 4.84. The van der Waals surface area contributed by atoms with Gasteiger partial charge in [0, 0.05) is 11.3 Å². The largest absolute Gasteiger partial charge is 0.398 e. The van der Waals surface area contributed by atoms with Crippen molar-refractivity contribution in [2.24, 2.45) is 0 Å². The van der Waals surface area contributed by atoms with E-state index in [0.717, 1.165) is 11.1 Å². The van der Waals surface area contributed by atoms with E-state index in [-0.39, 0.29) is 5.89 Å². The molecule has 3 aromatic rings. The summed E-state index contributed by atoms with van der Waals surface area (Å²) in [5, 5.41) is 14.1. The Morgan fingerprint density at radius 1 is 1.14 bits per heavy atom. The molecular formula is C16H15N3O2. The lowest BCUT2D eigenvalue weighted by molar-refractivity contribution is 0.170. The number of rotatable bonds is 3. The third kappa shape index (κ3) is 2.64. The summed E-state index contributed by atoms with van der Waals surface area (Å²) in [6.07, 6.45) is -0.935. The third-order valence-corrected chi connectivity index (χ3v) is 3.33. The maximum atomic E-state index is 10.2. The molecule has 0 saturated heterocycles. The van der Waals surface area contributed by atoms with Crippen LogP contribution in [0.1, 0.15) is 23.1 Å². The van der Waals surface area contributed by atoms with E-state index in [1.54, 1.807) is 18.2 Å². The van der Waals surface area contributed by atoms with Crippen LogP contribution in [0.15, 0.2) is 53.1 Å². The molecule has 1 atom stereocenters. The van der Waals surface area contributed by atoms with Crippen molar-refractivity contribution in [1.82, 2.24) is 10.1 Å². The van der Waals surface area contributed by atoms with Crippen molar-refractivity contribution in [3.63, 3.8) is 0 Å². The summed E-state index contributed by atoms with van der Waals surface area (Å²) >= 11 is 0. The van der Waals surface area contributed by atoms with Crippen LogP contribution in [0.4, 0.5) is 5.69 Å². The minimum Gasteiger partial charge on any atom is -0.398 e. The highest BCUT2D eigenvalue weighted by atomic mass is 16.5. The van der Waals surface area contributed by atoms with Crippen molar-refractivity contribution in [2.45, 2.75) is 13.0 Å². The Labute approximate surface area is 122 Å². The van der Waals surface area contributed by atoms with Crippen LogP contribution in [-0.2, 0) is 0 Å². The van der Waals surface area contributed by atoms with E-state index < -0.39 is 6.10 Å². The number of aliphatic hydroxyl groups excluding tert-OH is 1. The topological polar surface area (TPSA) is 85.2 Å². The Morgan fingerprint density at radius 3 is 2.62 bits per heavy atom. The lowest BCUT2D eigenvalue weighted by atomic mass is 10.1. The van der Waals surface area contributed by atoms with Gasteiger partial charge in [0.2, 0.25) is 5.82 Å². The summed E-state index contributed by atoms with van der Waals surface area (Å²) in [4.78, 5) is 4.24. The highest BCUT2D eigenvalue weighted by Crippen LogP contribution is 2.25. The number of benzene rings is 2. The summed E-state index contributed by atoms with van der Waals surface area (Å²) in [6, 6.07) is 14.7. The minimum atomic E-state index is -0.935. The van der Waals surface area contributed by atoms with Gasteiger partial charge < -0.3 is 15.4 Å². The molecule has 1 aromatic heterocycles. The number of hydrogen-bond acceptors (Lipinski definition) is 5. The van der Waals surface area contributed by atoms with Crippen molar-refractivity contribution in [2.75, 3.05) is 5.73 Å². The molecule has 0 radical (unpaired) electrons. The van der Waals surface area contributed by atoms with Gasteiger partial charge in [-0.15, -0.1) is 0 Å². The smallest absolute Gasteiger partial charge is 0.260 e. The Morgan fingerprint density at radius 2 is 1.90 bits per heavy atom. The molecule has 1 unspecified atom stereocenters. The van der Waals surface area contributed by atoms with Crippen LogP contribution in [0.2, 0.25) is 0 Å². The summed E-state index contributed by atoms with van der Waals surface area (Å²) in [5.74, 6) is 0.571. The monoisotopic (exact) mass is 281 g/mol. The Bertz CT molecular complexity index is 753. The Kier molecular flexibility index (Phi) is 3.41. The first kappa shape index (κ1) is 13.3. The zero-order chi connectivity index (χ0) is 14.8. The molecular weight excluding hydrogens is 266 g/mol. The number of aromatic nitrogens is 2. The van der Waals surface area contributed by atoms with Gasteiger partial charge in [-0.05, 0) is 24.1 Å². The number of hydrogen-bond donors (Lipinski definition) is 2. The van der Waals surface area contributed by atoms with E-state index in [4.69, 9.17) is 10.3 Å². The van der Waals surface area contributed by atoms with Gasteiger partial charge in [0.1, 0.15) is 0 Å². The highest BCUT2D eigenvalue weighted by molar-refractivity contribution is 5.63. The maximum absolute atomic E-state index is 10.2. The van der Waals surface area contributed by atoms with Crippen LogP contribution in [-0.4, -0.2) is 15.2 Å². The number of nitrogen functional groups attached to an aromatic ring is 1. The zero-order valence-corrected chi connectivity index (χ0v) is 11.5. The number of nitrogens with two attached hydrogens (primary N) is 1. The molecule has 0 fully saturated rings. The molecule has 3 rings (SSSR count). The molecule has 3 N–H and O–H groups in total. The molecule has 0 aliphatic rings. The van der Waals surface area contributed by atoms with E-state index in [1.165, 1.54) is 0 Å². The van der Waals surface area contributed by atoms with Gasteiger partial charge in [0.05, 0.1) is 0 Å². The molecule has 0 aliphatic heterocycles. The second kappa shape index (κ2) is 5.38. The van der Waals surface area contributed by atoms with Crippen molar-refractivity contribution < 1.29 is 9.63 Å². The lowest BCUT2D eigenvalue weighted by Gasteiger charge is -2.04. The predicted molar refractivity (Wildman–Crippen MR) is 79.4 cm³/mol. The van der Waals surface area contributed by atoms with Crippen LogP contribution in [0.5, 0.6) is 0 Å². The molecule has 1 heterocycles. The normalized spacial score (nSPS) is 12.3. The molecule has 21 heavy (non-hydrogen) atoms. The fraction of sp³-hybridized carbons (Fsp3) is 0.125. The number of aliphatic hydroxyl groups is 1. The number of anilines is 1. The Hall–Kier alpha value is -2.66. The van der Waals surface area contributed by atoms with Crippen molar-refractivity contribution in [1.29, 1.82) is 0 Å². The van der Waals surface area contributed by atoms with Crippen molar-refractivity contribution in [3.8, 4) is 11.4 Å². The average molecular weight is 281 g/mol. The second-order valence-corrected chi connectivity index (χ2v) is 4.84. The molecule has 2 aromatic carbocycles. The van der Waals surface area contributed by atoms with Crippen LogP contribution in [0.25, 0.3) is 11.4 Å². The average Bonchev–Trinajstić information content (AvgIpc) is 3.00. The summed E-state index contributed by atoms with van der Waals surface area (Å²) in [7, 11) is 0. The van der Waals surface area contributed by atoms with Gasteiger partial charge in [-0.2, -0.15) is 4.98 Å². The van der Waals surface area contributed by atoms with Crippen molar-refractivity contribution in [3.05, 3.63) is 65.5 Å². The highest BCUT2D eigenvalue weighted by Gasteiger charge is 2.18. The summed E-state index contributed by atoms with van der Waals surface area (Å²) < 4.78 is 5.15. The van der Waals surface area contributed by atoms with Crippen LogP contribution in [0, 0.1) is 6.92 Å². The first-order valence-corrected chi connectivity index (χ1v) is 6.58. The van der Waals surface area contributed by atoms with E-state index in [2.05, 4.69) is 10.1 Å². The number of nitrogens with zero attached hydrogens (tertiary/aromatic N) is 2. The molecule has 0 aliphatic carbocycles. The van der Waals surface area contributed by atoms with Gasteiger partial charge in [-0.1, -0.05) is 47.6 Å². The maximum Gasteiger partial charge on any atom is 0.260 e. The van der Waals surface area contributed by atoms with E-state index in [9.17, 15) is 5.11 Å². The van der Waals surface area contributed by atoms with E-state index in [0.29, 0.717) is 17.1 Å². The zero-order valence-electron chi connectivity index (χ0n) is 11.5. The summed E-state index contributed by atoms with van der Waals surface area (Å²) in [5.41, 5.74) is 9.00. The molecule has 106 valence electrons. The SMILES string of the molecule is Cc1ccc(-c2noc(C(O)c3ccccc3)n2)cc1N. The lowest BCUT2D eigenvalue weighted by Crippen LogP contribution is -1.99. The van der Waals surface area contributed by atoms with E-state index in [1.807, 2.05) is 37.3 Å². The fourth-order valence-corrected chi connectivity index (χ4v) is 2.02. The molecule has 5 heteroatoms. The van der Waals surface area contributed by atoms with Crippen LogP contribution in [0.3, 0.4) is 0 Å². The Balaban J connectivity index is 1.91. The first-order valence-electron chi connectivity index (χ1n) is 6.58. The van der Waals surface area contributed by atoms with Crippen LogP contribution >= 0.6 is 0 Å². The van der Waals surface area contributed by atoms with E-state index >= 15 is 0 Å². The van der Waals surface area contributed by atoms with Crippen LogP contribution < -0.4 is 5.73 Å².